The molecule has 15 heteroatoms. The predicted molar refractivity (Wildman–Crippen MR) is 51.2 cm³/mol. The van der Waals surface area contributed by atoms with Crippen molar-refractivity contribution in [2.45, 2.75) is 0 Å². The normalized spacial score (nSPS) is 12.8. The molecule has 0 saturated heterocycles. The summed E-state index contributed by atoms with van der Waals surface area (Å²) in [6.45, 7) is 0. The fraction of sp³-hybridized carbons (Fsp3) is 1.00. The summed E-state index contributed by atoms with van der Waals surface area (Å²) in [6, 6.07) is 0. The number of rotatable bonds is 6. The number of hydrogen-bond donors (Lipinski definition) is 2. The van der Waals surface area contributed by atoms with Crippen LogP contribution >= 0.6 is 22.8 Å². The molecule has 18 heavy (non-hydrogen) atoms. The van der Waals surface area contributed by atoms with Crippen LogP contribution in [0, 0.1) is 0 Å². The zero-order valence-electron chi connectivity index (χ0n) is 9.58. The van der Waals surface area contributed by atoms with Gasteiger partial charge in [0.2, 0.25) is 0 Å². The third-order valence-corrected chi connectivity index (χ3v) is 3.36. The van der Waals surface area contributed by atoms with Gasteiger partial charge in [0.25, 0.3) is 0 Å². The number of nitrogens with zero attached hydrogens (tertiary/aromatic N) is 1. The van der Waals surface area contributed by atoms with Gasteiger partial charge in [-0.2, -0.15) is 0 Å². The van der Waals surface area contributed by atoms with Crippen molar-refractivity contribution in [2.75, 3.05) is 18.9 Å². The first kappa shape index (κ1) is 23.4. The van der Waals surface area contributed by atoms with Crippen LogP contribution in [-0.2, 0) is 13.7 Å². The summed E-state index contributed by atoms with van der Waals surface area (Å²) in [6.07, 6.45) is -4.55. The Balaban J connectivity index is -0.00000112. The smallest absolute Gasteiger partial charge is 0.0268 e. The van der Waals surface area contributed by atoms with Crippen LogP contribution in [-0.4, -0.2) is 23.8 Å². The fourth-order valence-electron chi connectivity index (χ4n) is 0.869. The molecule has 0 unspecified atom stereocenters. The van der Waals surface area contributed by atoms with Gasteiger partial charge >= 0.3 is 0 Å². The molecule has 0 fully saturated rings. The van der Waals surface area contributed by atoms with Crippen molar-refractivity contribution in [1.82, 2.24) is 17.2 Å². The summed E-state index contributed by atoms with van der Waals surface area (Å²) in [5.74, 6) is 0. The van der Waals surface area contributed by atoms with Crippen molar-refractivity contribution in [2.24, 2.45) is 0 Å². The standard InChI is InChI=1S/C3H12NO9P3.2H3N/c5-14(6,7)1-4(2-15(8,9)10)3-16(11,12)13;;/h1-3H2,(H2,5,6,7)(H2,8,9,10)(H2,11,12,13);2*1H3/p-4. The minimum atomic E-state index is -5.27. The van der Waals surface area contributed by atoms with Crippen LogP contribution in [0.2, 0.25) is 0 Å². The van der Waals surface area contributed by atoms with Gasteiger partial charge in [0, 0.05) is 18.9 Å². The average Bonchev–Trinajstić information content (AvgIpc) is 1.70. The molecule has 8 N–H and O–H groups in total. The molecule has 0 aromatic heterocycles. The maximum absolute atomic E-state index is 10.3. The van der Waals surface area contributed by atoms with Crippen LogP contribution < -0.4 is 41.7 Å². The van der Waals surface area contributed by atoms with Crippen LogP contribution in [0.1, 0.15) is 0 Å². The highest BCUT2D eigenvalue weighted by Gasteiger charge is 2.10. The Bertz CT molecular complexity index is 311. The van der Waals surface area contributed by atoms with Crippen LogP contribution in [0.4, 0.5) is 0 Å². The van der Waals surface area contributed by atoms with Gasteiger partial charge in [-0.05, 0) is 0 Å². The van der Waals surface area contributed by atoms with Crippen LogP contribution in [0.3, 0.4) is 0 Å². The number of quaternary nitrogens is 2. The summed E-state index contributed by atoms with van der Waals surface area (Å²) < 4.78 is 30.8. The maximum atomic E-state index is 10.3. The molecule has 0 aromatic carbocycles. The van der Waals surface area contributed by atoms with Crippen LogP contribution in [0.15, 0.2) is 0 Å². The molecule has 0 saturated carbocycles. The molecular formula is C3H14N3O9P3-4. The first-order valence-electron chi connectivity index (χ1n) is 3.54. The van der Waals surface area contributed by atoms with E-state index in [0.717, 1.165) is 0 Å². The van der Waals surface area contributed by atoms with Crippen LogP contribution in [0.25, 0.3) is 0 Å². The highest BCUT2D eigenvalue weighted by atomic mass is 31.2. The topological polar surface area (TPSA) is 266 Å². The van der Waals surface area contributed by atoms with Crippen LogP contribution in [0.5, 0.6) is 0 Å². The van der Waals surface area contributed by atoms with Gasteiger partial charge < -0.3 is 55.4 Å². The third kappa shape index (κ3) is 16.3. The predicted octanol–water partition coefficient (Wildman–Crippen LogP) is -4.35. The molecule has 114 valence electrons. The summed E-state index contributed by atoms with van der Waals surface area (Å²) >= 11 is 0. The lowest BCUT2D eigenvalue weighted by molar-refractivity contribution is -0.320. The lowest BCUT2D eigenvalue weighted by Gasteiger charge is -2.44. The molecule has 0 bridgehead atoms. The van der Waals surface area contributed by atoms with Gasteiger partial charge in [-0.1, -0.05) is 22.8 Å². The first-order valence-corrected chi connectivity index (χ1v) is 8.72. The molecule has 0 rings (SSSR count). The molecule has 0 aromatic rings. The van der Waals surface area contributed by atoms with E-state index < -0.39 is 41.6 Å². The highest BCUT2D eigenvalue weighted by Crippen LogP contribution is 2.35. The van der Waals surface area contributed by atoms with Crippen molar-refractivity contribution in [3.05, 3.63) is 0 Å². The van der Waals surface area contributed by atoms with Crippen molar-refractivity contribution in [3.63, 3.8) is 0 Å². The van der Waals surface area contributed by atoms with Crippen molar-refractivity contribution in [3.8, 4) is 0 Å². The Morgan fingerprint density at radius 3 is 0.889 bits per heavy atom. The second kappa shape index (κ2) is 7.81. The van der Waals surface area contributed by atoms with E-state index in [-0.39, 0.29) is 17.2 Å². The Kier molecular flexibility index (Phi) is 10.2. The van der Waals surface area contributed by atoms with E-state index in [1.807, 2.05) is 0 Å². The molecule has 0 aliphatic carbocycles. The van der Waals surface area contributed by atoms with Crippen molar-refractivity contribution in [1.29, 1.82) is 0 Å². The second-order valence-electron chi connectivity index (χ2n) is 2.93. The molecule has 0 heterocycles. The molecular weight excluding hydrogens is 315 g/mol. The van der Waals surface area contributed by atoms with E-state index in [1.54, 1.807) is 0 Å². The molecule has 0 radical (unpaired) electrons. The highest BCUT2D eigenvalue weighted by molar-refractivity contribution is 7.50. The summed E-state index contributed by atoms with van der Waals surface area (Å²) in [4.78, 5) is 61.5. The lowest BCUT2D eigenvalue weighted by atomic mass is 11.0. The minimum Gasteiger partial charge on any atom is -0.810 e. The van der Waals surface area contributed by atoms with Gasteiger partial charge in [0.15, 0.2) is 0 Å². The van der Waals surface area contributed by atoms with Gasteiger partial charge in [-0.25, -0.2) is 0 Å². The van der Waals surface area contributed by atoms with E-state index in [2.05, 4.69) is 0 Å². The van der Waals surface area contributed by atoms with Gasteiger partial charge in [-0.3, -0.25) is 4.90 Å². The Morgan fingerprint density at radius 2 is 0.778 bits per heavy atom. The van der Waals surface area contributed by atoms with E-state index in [4.69, 9.17) is 0 Å². The SMILES string of the molecule is O=P([O-])([O-])CN(CP(=O)([O-])[O-])CP(=O)([O-])[O-].[NH4+].[NH4+]. The summed E-state index contributed by atoms with van der Waals surface area (Å²) in [7, 11) is -15.8. The van der Waals surface area contributed by atoms with Gasteiger partial charge in [-0.15, -0.1) is 0 Å². The monoisotopic (exact) mass is 329 g/mol. The largest absolute Gasteiger partial charge is 0.810 e. The Labute approximate surface area is 103 Å². The Morgan fingerprint density at radius 1 is 0.611 bits per heavy atom. The summed E-state index contributed by atoms with van der Waals surface area (Å²) in [5.41, 5.74) is 0. The Hall–Kier alpha value is 0.330. The van der Waals surface area contributed by atoms with E-state index in [0.29, 0.717) is 0 Å². The van der Waals surface area contributed by atoms with Crippen molar-refractivity contribution >= 4 is 22.8 Å². The molecule has 0 aliphatic rings. The second-order valence-corrected chi connectivity index (χ2v) is 7.44. The van der Waals surface area contributed by atoms with E-state index in [1.165, 1.54) is 0 Å². The fourth-order valence-corrected chi connectivity index (χ4v) is 3.41. The third-order valence-electron chi connectivity index (χ3n) is 1.12. The summed E-state index contributed by atoms with van der Waals surface area (Å²) in [5, 5.41) is 0. The molecule has 0 atom stereocenters. The quantitative estimate of drug-likeness (QED) is 0.441. The van der Waals surface area contributed by atoms with Crippen molar-refractivity contribution < 1.29 is 43.1 Å². The molecule has 0 aliphatic heterocycles. The molecule has 12 nitrogen and oxygen atoms in total. The van der Waals surface area contributed by atoms with Gasteiger partial charge in [0.1, 0.15) is 0 Å². The zero-order chi connectivity index (χ0) is 13.2. The maximum Gasteiger partial charge on any atom is 0.0268 e. The first-order chi connectivity index (χ1) is 6.79. The molecule has 0 amide bonds. The number of hydrogen-bond acceptors (Lipinski definition) is 10. The van der Waals surface area contributed by atoms with Gasteiger partial charge in [0.05, 0.1) is 0 Å². The van der Waals surface area contributed by atoms with E-state index in [9.17, 15) is 43.1 Å². The van der Waals surface area contributed by atoms with E-state index >= 15 is 0 Å². The lowest BCUT2D eigenvalue weighted by Crippen LogP contribution is -2.39. The average molecular weight is 329 g/mol. The molecule has 0 spiro atoms. The zero-order valence-corrected chi connectivity index (χ0v) is 12.3. The minimum absolute atomic E-state index is 0.